The number of nitrogens with zero attached hydrogens (tertiary/aromatic N) is 2. The van der Waals surface area contributed by atoms with Crippen molar-refractivity contribution in [1.29, 1.82) is 0 Å². The molecule has 0 saturated carbocycles. The van der Waals surface area contributed by atoms with Crippen molar-refractivity contribution < 1.29 is 0 Å². The van der Waals surface area contributed by atoms with E-state index < -0.39 is 0 Å². The Hall–Kier alpha value is -1.09. The quantitative estimate of drug-likeness (QED) is 0.872. The van der Waals surface area contributed by atoms with E-state index >= 15 is 0 Å². The molecule has 94 valence electrons. The first-order valence-corrected chi connectivity index (χ1v) is 6.66. The molecule has 0 amide bonds. The third-order valence-corrected chi connectivity index (χ3v) is 3.80. The molecule has 2 rings (SSSR count). The van der Waals surface area contributed by atoms with Crippen LogP contribution in [0.15, 0.2) is 18.3 Å². The van der Waals surface area contributed by atoms with Crippen molar-refractivity contribution in [2.75, 3.05) is 18.8 Å². The number of piperidine rings is 1. The molecule has 0 bridgehead atoms. The molecule has 0 aliphatic carbocycles. The molecule has 3 nitrogen and oxygen atoms in total. The average Bonchev–Trinajstić information content (AvgIpc) is 2.33. The SMILES string of the molecule is CCCN1CC(c2ccc(N)nc2)CC[C@@H]1C. The summed E-state index contributed by atoms with van der Waals surface area (Å²) < 4.78 is 0. The molecule has 1 saturated heterocycles. The summed E-state index contributed by atoms with van der Waals surface area (Å²) in [6.45, 7) is 6.97. The highest BCUT2D eigenvalue weighted by Gasteiger charge is 2.25. The zero-order chi connectivity index (χ0) is 12.3. The van der Waals surface area contributed by atoms with E-state index in [-0.39, 0.29) is 0 Å². The van der Waals surface area contributed by atoms with Gasteiger partial charge in [0.25, 0.3) is 0 Å². The maximum absolute atomic E-state index is 5.63. The van der Waals surface area contributed by atoms with Gasteiger partial charge in [0.15, 0.2) is 0 Å². The van der Waals surface area contributed by atoms with Crippen LogP contribution < -0.4 is 5.73 Å². The summed E-state index contributed by atoms with van der Waals surface area (Å²) in [4.78, 5) is 6.81. The minimum Gasteiger partial charge on any atom is -0.384 e. The van der Waals surface area contributed by atoms with Gasteiger partial charge in [0, 0.05) is 18.8 Å². The molecule has 2 heterocycles. The van der Waals surface area contributed by atoms with Gasteiger partial charge in [0.05, 0.1) is 0 Å². The zero-order valence-electron chi connectivity index (χ0n) is 10.9. The molecule has 3 heteroatoms. The van der Waals surface area contributed by atoms with Gasteiger partial charge in [-0.3, -0.25) is 0 Å². The van der Waals surface area contributed by atoms with E-state index in [0.29, 0.717) is 11.7 Å². The molecule has 0 radical (unpaired) electrons. The highest BCUT2D eigenvalue weighted by molar-refractivity contribution is 5.31. The van der Waals surface area contributed by atoms with E-state index in [9.17, 15) is 0 Å². The summed E-state index contributed by atoms with van der Waals surface area (Å²) in [5, 5.41) is 0. The standard InChI is InChI=1S/C14H23N3/c1-3-8-17-10-13(5-4-11(17)2)12-6-7-14(15)16-9-12/h6-7,9,11,13H,3-5,8,10H2,1-2H3,(H2,15,16)/t11-,13?/m0/s1. The monoisotopic (exact) mass is 233 g/mol. The molecule has 1 aromatic heterocycles. The first kappa shape index (κ1) is 12.4. The van der Waals surface area contributed by atoms with E-state index in [0.717, 1.165) is 6.04 Å². The normalized spacial score (nSPS) is 26.0. The van der Waals surface area contributed by atoms with E-state index in [4.69, 9.17) is 5.73 Å². The lowest BCUT2D eigenvalue weighted by Crippen LogP contribution is -2.41. The maximum atomic E-state index is 5.63. The fourth-order valence-corrected chi connectivity index (χ4v) is 2.71. The lowest BCUT2D eigenvalue weighted by atomic mass is 9.88. The molecular weight excluding hydrogens is 210 g/mol. The van der Waals surface area contributed by atoms with Gasteiger partial charge < -0.3 is 10.6 Å². The third-order valence-electron chi connectivity index (χ3n) is 3.80. The van der Waals surface area contributed by atoms with Crippen LogP contribution in [0.25, 0.3) is 0 Å². The average molecular weight is 233 g/mol. The second kappa shape index (κ2) is 5.50. The van der Waals surface area contributed by atoms with Crippen molar-refractivity contribution in [3.8, 4) is 0 Å². The molecular formula is C14H23N3. The number of hydrogen-bond acceptors (Lipinski definition) is 3. The van der Waals surface area contributed by atoms with E-state index in [2.05, 4.69) is 29.8 Å². The van der Waals surface area contributed by atoms with Gasteiger partial charge in [-0.2, -0.15) is 0 Å². The first-order valence-electron chi connectivity index (χ1n) is 6.66. The van der Waals surface area contributed by atoms with Gasteiger partial charge in [-0.15, -0.1) is 0 Å². The molecule has 17 heavy (non-hydrogen) atoms. The van der Waals surface area contributed by atoms with Crippen LogP contribution in [-0.2, 0) is 0 Å². The fraction of sp³-hybridized carbons (Fsp3) is 0.643. The number of rotatable bonds is 3. The zero-order valence-corrected chi connectivity index (χ0v) is 10.9. The Labute approximate surface area is 104 Å². The van der Waals surface area contributed by atoms with Crippen LogP contribution in [0.4, 0.5) is 5.82 Å². The highest BCUT2D eigenvalue weighted by atomic mass is 15.2. The lowest BCUT2D eigenvalue weighted by molar-refractivity contribution is 0.144. The molecule has 1 unspecified atom stereocenters. The Kier molecular flexibility index (Phi) is 4.00. The molecule has 1 aromatic rings. The van der Waals surface area contributed by atoms with Crippen LogP contribution in [-0.4, -0.2) is 29.0 Å². The molecule has 2 N–H and O–H groups in total. The van der Waals surface area contributed by atoms with Gasteiger partial charge in [-0.05, 0) is 50.3 Å². The highest BCUT2D eigenvalue weighted by Crippen LogP contribution is 2.29. The Morgan fingerprint density at radius 3 is 2.88 bits per heavy atom. The Bertz CT molecular complexity index is 347. The van der Waals surface area contributed by atoms with Crippen LogP contribution >= 0.6 is 0 Å². The Morgan fingerprint density at radius 2 is 2.24 bits per heavy atom. The Balaban J connectivity index is 2.04. The second-order valence-electron chi connectivity index (χ2n) is 5.13. The third kappa shape index (κ3) is 2.97. The molecule has 0 spiro atoms. The lowest BCUT2D eigenvalue weighted by Gasteiger charge is -2.38. The number of aromatic nitrogens is 1. The van der Waals surface area contributed by atoms with Gasteiger partial charge in [0.1, 0.15) is 5.82 Å². The summed E-state index contributed by atoms with van der Waals surface area (Å²) in [5.74, 6) is 1.24. The molecule has 1 aliphatic rings. The minimum atomic E-state index is 0.614. The van der Waals surface area contributed by atoms with Gasteiger partial charge in [-0.1, -0.05) is 13.0 Å². The van der Waals surface area contributed by atoms with Crippen molar-refractivity contribution in [3.63, 3.8) is 0 Å². The van der Waals surface area contributed by atoms with Crippen LogP contribution in [0.1, 0.15) is 44.6 Å². The van der Waals surface area contributed by atoms with Crippen molar-refractivity contribution in [1.82, 2.24) is 9.88 Å². The van der Waals surface area contributed by atoms with Gasteiger partial charge in [0.2, 0.25) is 0 Å². The van der Waals surface area contributed by atoms with Crippen LogP contribution in [0, 0.1) is 0 Å². The molecule has 1 aliphatic heterocycles. The summed E-state index contributed by atoms with van der Waals surface area (Å²) in [5.41, 5.74) is 6.97. The van der Waals surface area contributed by atoms with Crippen molar-refractivity contribution in [3.05, 3.63) is 23.9 Å². The van der Waals surface area contributed by atoms with Crippen molar-refractivity contribution in [2.45, 2.75) is 45.1 Å². The maximum Gasteiger partial charge on any atom is 0.123 e. The van der Waals surface area contributed by atoms with Crippen molar-refractivity contribution >= 4 is 5.82 Å². The number of hydrogen-bond donors (Lipinski definition) is 1. The molecule has 0 aromatic carbocycles. The largest absolute Gasteiger partial charge is 0.384 e. The fourth-order valence-electron chi connectivity index (χ4n) is 2.71. The Morgan fingerprint density at radius 1 is 1.41 bits per heavy atom. The van der Waals surface area contributed by atoms with Gasteiger partial charge >= 0.3 is 0 Å². The predicted octanol–water partition coefficient (Wildman–Crippen LogP) is 2.64. The van der Waals surface area contributed by atoms with E-state index in [1.165, 1.54) is 37.9 Å². The predicted molar refractivity (Wildman–Crippen MR) is 72.0 cm³/mol. The number of anilines is 1. The summed E-state index contributed by atoms with van der Waals surface area (Å²) in [6.07, 6.45) is 5.74. The number of likely N-dealkylation sites (tertiary alicyclic amines) is 1. The number of pyridine rings is 1. The van der Waals surface area contributed by atoms with E-state index in [1.807, 2.05) is 12.3 Å². The smallest absolute Gasteiger partial charge is 0.123 e. The first-order chi connectivity index (χ1) is 8.20. The number of nitrogen functional groups attached to an aromatic ring is 1. The minimum absolute atomic E-state index is 0.614. The van der Waals surface area contributed by atoms with Crippen LogP contribution in [0.5, 0.6) is 0 Å². The summed E-state index contributed by atoms with van der Waals surface area (Å²) in [6, 6.07) is 4.78. The summed E-state index contributed by atoms with van der Waals surface area (Å²) >= 11 is 0. The van der Waals surface area contributed by atoms with Crippen LogP contribution in [0.3, 0.4) is 0 Å². The molecule has 2 atom stereocenters. The topological polar surface area (TPSA) is 42.1 Å². The second-order valence-corrected chi connectivity index (χ2v) is 5.13. The van der Waals surface area contributed by atoms with Gasteiger partial charge in [-0.25, -0.2) is 4.98 Å². The van der Waals surface area contributed by atoms with Crippen molar-refractivity contribution in [2.24, 2.45) is 0 Å². The van der Waals surface area contributed by atoms with E-state index in [1.54, 1.807) is 0 Å². The molecule has 1 fully saturated rings. The number of nitrogens with two attached hydrogens (primary N) is 1. The summed E-state index contributed by atoms with van der Waals surface area (Å²) in [7, 11) is 0. The van der Waals surface area contributed by atoms with Crippen LogP contribution in [0.2, 0.25) is 0 Å².